The second kappa shape index (κ2) is 4.89. The Hall–Kier alpha value is -2.21. The second-order valence-corrected chi connectivity index (χ2v) is 6.24. The summed E-state index contributed by atoms with van der Waals surface area (Å²) >= 11 is 0. The average Bonchev–Trinajstić information content (AvgIpc) is 3.18. The molecule has 3 aliphatic rings. The number of halogens is 1. The monoisotopic (exact) mass is 317 g/mol. The molecule has 2 bridgehead atoms. The highest BCUT2D eigenvalue weighted by Gasteiger charge is 2.67. The zero-order chi connectivity index (χ0) is 16.2. The number of carbonyl (C=O) groups is 2. The second-order valence-electron chi connectivity index (χ2n) is 6.24. The van der Waals surface area contributed by atoms with Crippen LogP contribution in [0.3, 0.4) is 0 Å². The van der Waals surface area contributed by atoms with Crippen LogP contribution in [0, 0.1) is 17.7 Å². The van der Waals surface area contributed by atoms with Crippen molar-refractivity contribution in [2.45, 2.75) is 18.2 Å². The molecule has 6 heteroatoms. The van der Waals surface area contributed by atoms with Crippen LogP contribution >= 0.6 is 0 Å². The van der Waals surface area contributed by atoms with Gasteiger partial charge in [0.1, 0.15) is 17.3 Å². The van der Waals surface area contributed by atoms with Gasteiger partial charge in [-0.2, -0.15) is 0 Å². The summed E-state index contributed by atoms with van der Waals surface area (Å²) < 4.78 is 23.8. The lowest BCUT2D eigenvalue weighted by Gasteiger charge is -2.22. The summed E-state index contributed by atoms with van der Waals surface area (Å²) in [7, 11) is 1.32. The maximum atomic E-state index is 13.0. The number of amides is 1. The molecule has 5 nitrogen and oxygen atoms in total. The fraction of sp³-hybridized carbons (Fsp3) is 0.412. The molecule has 0 N–H and O–H groups in total. The van der Waals surface area contributed by atoms with Crippen LogP contribution in [0.1, 0.15) is 5.56 Å². The summed E-state index contributed by atoms with van der Waals surface area (Å²) in [5.41, 5.74) is 0.102. The SMILES string of the molecule is COC(=O)[C@@H]1[C@@H]2C=C[C@]3(CN(Cc4ccc(F)cc4)C(=O)[C@H]13)O2. The predicted octanol–water partition coefficient (Wildman–Crippen LogP) is 1.28. The van der Waals surface area contributed by atoms with Crippen molar-refractivity contribution in [2.75, 3.05) is 13.7 Å². The minimum absolute atomic E-state index is 0.114. The molecule has 0 saturated carbocycles. The summed E-state index contributed by atoms with van der Waals surface area (Å²) in [4.78, 5) is 26.5. The lowest BCUT2D eigenvalue weighted by molar-refractivity contribution is -0.151. The standard InChI is InChI=1S/C17H16FNO4/c1-22-16(21)13-12-6-7-17(23-12)9-19(15(20)14(13)17)8-10-2-4-11(18)5-3-10/h2-7,12-14H,8-9H2,1H3/t12-,13+,14-,17+/m0/s1. The third-order valence-electron chi connectivity index (χ3n) is 4.94. The number of fused-ring (bicyclic) bond motifs is 1. The molecular formula is C17H16FNO4. The first-order chi connectivity index (χ1) is 11.0. The van der Waals surface area contributed by atoms with E-state index in [1.807, 2.05) is 12.2 Å². The molecule has 1 aromatic rings. The fourth-order valence-electron chi connectivity index (χ4n) is 3.93. The van der Waals surface area contributed by atoms with Crippen molar-refractivity contribution in [3.63, 3.8) is 0 Å². The van der Waals surface area contributed by atoms with Crippen molar-refractivity contribution < 1.29 is 23.5 Å². The van der Waals surface area contributed by atoms with E-state index in [9.17, 15) is 14.0 Å². The van der Waals surface area contributed by atoms with E-state index in [1.54, 1.807) is 17.0 Å². The number of esters is 1. The van der Waals surface area contributed by atoms with Crippen molar-refractivity contribution in [3.8, 4) is 0 Å². The van der Waals surface area contributed by atoms with E-state index in [-0.39, 0.29) is 17.8 Å². The van der Waals surface area contributed by atoms with Gasteiger partial charge in [0.25, 0.3) is 0 Å². The van der Waals surface area contributed by atoms with Gasteiger partial charge < -0.3 is 14.4 Å². The van der Waals surface area contributed by atoms with E-state index < -0.39 is 23.4 Å². The Labute approximate surface area is 132 Å². The number of hydrogen-bond donors (Lipinski definition) is 0. The molecule has 23 heavy (non-hydrogen) atoms. The number of ether oxygens (including phenoxy) is 2. The Morgan fingerprint density at radius 3 is 2.87 bits per heavy atom. The van der Waals surface area contributed by atoms with Crippen LogP contribution in [0.25, 0.3) is 0 Å². The van der Waals surface area contributed by atoms with E-state index in [0.29, 0.717) is 13.1 Å². The zero-order valence-electron chi connectivity index (χ0n) is 12.6. The van der Waals surface area contributed by atoms with Crippen LogP contribution in [-0.2, 0) is 25.6 Å². The Kier molecular flexibility index (Phi) is 3.06. The highest BCUT2D eigenvalue weighted by molar-refractivity contribution is 5.91. The fourth-order valence-corrected chi connectivity index (χ4v) is 3.93. The molecule has 0 unspecified atom stereocenters. The first-order valence-electron chi connectivity index (χ1n) is 7.52. The topological polar surface area (TPSA) is 55.8 Å². The van der Waals surface area contributed by atoms with Crippen LogP contribution in [-0.4, -0.2) is 42.1 Å². The number of rotatable bonds is 3. The molecule has 0 aliphatic carbocycles. The lowest BCUT2D eigenvalue weighted by Crippen LogP contribution is -2.39. The van der Waals surface area contributed by atoms with E-state index in [0.717, 1.165) is 5.56 Å². The summed E-state index contributed by atoms with van der Waals surface area (Å²) in [5, 5.41) is 0. The van der Waals surface area contributed by atoms with Crippen LogP contribution in [0.15, 0.2) is 36.4 Å². The third kappa shape index (κ3) is 2.01. The summed E-state index contributed by atoms with van der Waals surface area (Å²) in [6.07, 6.45) is 3.35. The van der Waals surface area contributed by atoms with Gasteiger partial charge in [-0.25, -0.2) is 4.39 Å². The summed E-state index contributed by atoms with van der Waals surface area (Å²) in [5.74, 6) is -1.96. The Morgan fingerprint density at radius 2 is 2.17 bits per heavy atom. The third-order valence-corrected chi connectivity index (χ3v) is 4.94. The van der Waals surface area contributed by atoms with Crippen molar-refractivity contribution in [3.05, 3.63) is 47.8 Å². The van der Waals surface area contributed by atoms with Crippen LogP contribution < -0.4 is 0 Å². The van der Waals surface area contributed by atoms with Gasteiger partial charge in [0.2, 0.25) is 5.91 Å². The Balaban J connectivity index is 1.60. The molecule has 0 aromatic heterocycles. The van der Waals surface area contributed by atoms with Gasteiger partial charge in [-0.05, 0) is 17.7 Å². The van der Waals surface area contributed by atoms with Crippen LogP contribution in [0.4, 0.5) is 4.39 Å². The van der Waals surface area contributed by atoms with E-state index >= 15 is 0 Å². The highest BCUT2D eigenvalue weighted by atomic mass is 19.1. The number of benzene rings is 1. The number of nitrogens with zero attached hydrogens (tertiary/aromatic N) is 1. The molecular weight excluding hydrogens is 301 g/mol. The Bertz CT molecular complexity index is 701. The number of hydrogen-bond acceptors (Lipinski definition) is 4. The van der Waals surface area contributed by atoms with Gasteiger partial charge in [-0.3, -0.25) is 9.59 Å². The van der Waals surface area contributed by atoms with E-state index in [1.165, 1.54) is 19.2 Å². The first-order valence-corrected chi connectivity index (χ1v) is 7.52. The Morgan fingerprint density at radius 1 is 1.43 bits per heavy atom. The summed E-state index contributed by atoms with van der Waals surface area (Å²) in [6.45, 7) is 0.765. The van der Waals surface area contributed by atoms with Gasteiger partial charge in [0.15, 0.2) is 0 Å². The van der Waals surface area contributed by atoms with Crippen LogP contribution in [0.2, 0.25) is 0 Å². The molecule has 2 saturated heterocycles. The molecule has 1 aromatic carbocycles. The minimum Gasteiger partial charge on any atom is -0.469 e. The summed E-state index contributed by atoms with van der Waals surface area (Å²) in [6, 6.07) is 6.04. The quantitative estimate of drug-likeness (QED) is 0.622. The van der Waals surface area contributed by atoms with Gasteiger partial charge >= 0.3 is 5.97 Å². The number of carbonyl (C=O) groups excluding carboxylic acids is 2. The smallest absolute Gasteiger partial charge is 0.312 e. The van der Waals surface area contributed by atoms with Gasteiger partial charge in [0, 0.05) is 6.54 Å². The van der Waals surface area contributed by atoms with Gasteiger partial charge in [-0.15, -0.1) is 0 Å². The largest absolute Gasteiger partial charge is 0.469 e. The molecule has 1 spiro atoms. The normalized spacial score (nSPS) is 34.1. The average molecular weight is 317 g/mol. The maximum absolute atomic E-state index is 13.0. The molecule has 2 fully saturated rings. The number of methoxy groups -OCH3 is 1. The zero-order valence-corrected chi connectivity index (χ0v) is 12.6. The van der Waals surface area contributed by atoms with E-state index in [4.69, 9.17) is 9.47 Å². The molecule has 1 amide bonds. The molecule has 3 heterocycles. The van der Waals surface area contributed by atoms with Crippen molar-refractivity contribution in [2.24, 2.45) is 11.8 Å². The first kappa shape index (κ1) is 14.4. The molecule has 4 rings (SSSR count). The molecule has 4 atom stereocenters. The lowest BCUT2D eigenvalue weighted by atomic mass is 9.77. The minimum atomic E-state index is -0.735. The molecule has 0 radical (unpaired) electrons. The van der Waals surface area contributed by atoms with Crippen molar-refractivity contribution >= 4 is 11.9 Å². The van der Waals surface area contributed by atoms with Crippen molar-refractivity contribution in [1.29, 1.82) is 0 Å². The van der Waals surface area contributed by atoms with Crippen LogP contribution in [0.5, 0.6) is 0 Å². The maximum Gasteiger partial charge on any atom is 0.312 e. The predicted molar refractivity (Wildman–Crippen MR) is 77.6 cm³/mol. The number of likely N-dealkylation sites (tertiary alicyclic amines) is 1. The van der Waals surface area contributed by atoms with Gasteiger partial charge in [0.05, 0.1) is 25.7 Å². The van der Waals surface area contributed by atoms with Crippen molar-refractivity contribution in [1.82, 2.24) is 4.90 Å². The van der Waals surface area contributed by atoms with E-state index in [2.05, 4.69) is 0 Å². The highest BCUT2D eigenvalue weighted by Crippen LogP contribution is 2.52. The molecule has 120 valence electrons. The van der Waals surface area contributed by atoms with Gasteiger partial charge in [-0.1, -0.05) is 24.3 Å². The molecule has 3 aliphatic heterocycles.